The third kappa shape index (κ3) is 3.97. The number of ether oxygens (including phenoxy) is 1. The molecule has 7 heteroatoms. The van der Waals surface area contributed by atoms with Crippen LogP contribution in [0.2, 0.25) is 0 Å². The van der Waals surface area contributed by atoms with Crippen LogP contribution >= 0.6 is 0 Å². The second-order valence-corrected chi connectivity index (χ2v) is 4.89. The van der Waals surface area contributed by atoms with Crippen LogP contribution in [0, 0.1) is 5.41 Å². The lowest BCUT2D eigenvalue weighted by Gasteiger charge is -2.21. The van der Waals surface area contributed by atoms with Gasteiger partial charge in [-0.25, -0.2) is 4.98 Å². The molecule has 0 fully saturated rings. The molecule has 1 aromatic rings. The van der Waals surface area contributed by atoms with Gasteiger partial charge >= 0.3 is 0 Å². The summed E-state index contributed by atoms with van der Waals surface area (Å²) in [4.78, 5) is 19.2. The molecule has 0 radical (unpaired) electrons. The SMILES string of the molecule is CCCOc1ncnc(NCC(C)(C)C(N)=O)c1N. The molecule has 0 atom stereocenters. The van der Waals surface area contributed by atoms with Crippen LogP contribution in [0.3, 0.4) is 0 Å². The Balaban J connectivity index is 2.76. The van der Waals surface area contributed by atoms with Crippen LogP contribution < -0.4 is 21.5 Å². The number of hydrogen-bond donors (Lipinski definition) is 3. The average Bonchev–Trinajstić information content (AvgIpc) is 2.36. The second-order valence-electron chi connectivity index (χ2n) is 4.89. The van der Waals surface area contributed by atoms with E-state index in [0.29, 0.717) is 30.5 Å². The van der Waals surface area contributed by atoms with Gasteiger partial charge in [0.25, 0.3) is 0 Å². The highest BCUT2D eigenvalue weighted by Gasteiger charge is 2.25. The summed E-state index contributed by atoms with van der Waals surface area (Å²) in [5.74, 6) is 0.391. The largest absolute Gasteiger partial charge is 0.476 e. The van der Waals surface area contributed by atoms with Crippen molar-refractivity contribution in [2.75, 3.05) is 24.2 Å². The number of amides is 1. The summed E-state index contributed by atoms with van der Waals surface area (Å²) in [5.41, 5.74) is 10.8. The molecule has 1 rings (SSSR count). The molecule has 0 unspecified atom stereocenters. The van der Waals surface area contributed by atoms with E-state index in [-0.39, 0.29) is 0 Å². The van der Waals surface area contributed by atoms with Gasteiger partial charge in [0.15, 0.2) is 5.82 Å². The molecule has 0 aliphatic carbocycles. The predicted octanol–water partition coefficient (Wildman–Crippen LogP) is 0.771. The third-order valence-electron chi connectivity index (χ3n) is 2.66. The summed E-state index contributed by atoms with van der Waals surface area (Å²) < 4.78 is 5.40. The Bertz CT molecular complexity index is 448. The maximum atomic E-state index is 11.2. The minimum absolute atomic E-state index is 0.330. The summed E-state index contributed by atoms with van der Waals surface area (Å²) in [5, 5.41) is 2.99. The fraction of sp³-hybridized carbons (Fsp3) is 0.583. The maximum Gasteiger partial charge on any atom is 0.242 e. The number of anilines is 2. The Morgan fingerprint density at radius 2 is 2.16 bits per heavy atom. The van der Waals surface area contributed by atoms with Gasteiger partial charge in [0, 0.05) is 6.54 Å². The fourth-order valence-corrected chi connectivity index (χ4v) is 1.23. The lowest BCUT2D eigenvalue weighted by atomic mass is 9.93. The number of rotatable bonds is 7. The number of carbonyl (C=O) groups excluding carboxylic acids is 1. The second kappa shape index (κ2) is 6.21. The van der Waals surface area contributed by atoms with Gasteiger partial charge in [-0.3, -0.25) is 4.79 Å². The van der Waals surface area contributed by atoms with Crippen molar-refractivity contribution in [2.24, 2.45) is 11.1 Å². The maximum absolute atomic E-state index is 11.2. The van der Waals surface area contributed by atoms with Crippen LogP contribution in [-0.2, 0) is 4.79 Å². The van der Waals surface area contributed by atoms with Gasteiger partial charge < -0.3 is 21.5 Å². The van der Waals surface area contributed by atoms with Crippen molar-refractivity contribution in [1.29, 1.82) is 0 Å². The third-order valence-corrected chi connectivity index (χ3v) is 2.66. The van der Waals surface area contributed by atoms with Crippen LogP contribution in [0.4, 0.5) is 11.5 Å². The zero-order valence-corrected chi connectivity index (χ0v) is 11.6. The first-order valence-electron chi connectivity index (χ1n) is 6.15. The molecule has 0 aliphatic rings. The molecule has 0 bridgehead atoms. The molecule has 0 saturated carbocycles. The zero-order valence-electron chi connectivity index (χ0n) is 11.6. The van der Waals surface area contributed by atoms with Crippen molar-refractivity contribution in [3.63, 3.8) is 0 Å². The Kier molecular flexibility index (Phi) is 4.91. The minimum Gasteiger partial charge on any atom is -0.476 e. The summed E-state index contributed by atoms with van der Waals surface area (Å²) in [6, 6.07) is 0. The van der Waals surface area contributed by atoms with Crippen LogP contribution in [-0.4, -0.2) is 29.0 Å². The smallest absolute Gasteiger partial charge is 0.242 e. The molecule has 0 aromatic carbocycles. The molecule has 1 heterocycles. The molecule has 0 saturated heterocycles. The highest BCUT2D eigenvalue weighted by Crippen LogP contribution is 2.26. The topological polar surface area (TPSA) is 116 Å². The Morgan fingerprint density at radius 3 is 2.74 bits per heavy atom. The molecular formula is C12H21N5O2. The lowest BCUT2D eigenvalue weighted by Crippen LogP contribution is -2.37. The normalized spacial score (nSPS) is 11.1. The number of hydrogen-bond acceptors (Lipinski definition) is 6. The van der Waals surface area contributed by atoms with Crippen molar-refractivity contribution in [2.45, 2.75) is 27.2 Å². The Hall–Kier alpha value is -2.05. The molecule has 19 heavy (non-hydrogen) atoms. The van der Waals surface area contributed by atoms with E-state index in [9.17, 15) is 4.79 Å². The first kappa shape index (κ1) is 15.0. The minimum atomic E-state index is -0.693. The fourth-order valence-electron chi connectivity index (χ4n) is 1.23. The monoisotopic (exact) mass is 267 g/mol. The van der Waals surface area contributed by atoms with Crippen LogP contribution in [0.15, 0.2) is 6.33 Å². The van der Waals surface area contributed by atoms with Crippen molar-refractivity contribution in [3.8, 4) is 5.88 Å². The molecular weight excluding hydrogens is 246 g/mol. The van der Waals surface area contributed by atoms with Gasteiger partial charge in [-0.2, -0.15) is 4.98 Å². The van der Waals surface area contributed by atoms with E-state index in [2.05, 4.69) is 15.3 Å². The van der Waals surface area contributed by atoms with Gasteiger partial charge in [0.05, 0.1) is 12.0 Å². The predicted molar refractivity (Wildman–Crippen MR) is 73.7 cm³/mol. The summed E-state index contributed by atoms with van der Waals surface area (Å²) in [7, 11) is 0. The summed E-state index contributed by atoms with van der Waals surface area (Å²) in [6.45, 7) is 6.35. The molecule has 106 valence electrons. The quantitative estimate of drug-likeness (QED) is 0.672. The molecule has 1 aromatic heterocycles. The van der Waals surface area contributed by atoms with E-state index in [0.717, 1.165) is 6.42 Å². The Labute approximate surface area is 112 Å². The molecule has 7 nitrogen and oxygen atoms in total. The van der Waals surface area contributed by atoms with E-state index in [1.807, 2.05) is 6.92 Å². The molecule has 0 spiro atoms. The van der Waals surface area contributed by atoms with Gasteiger partial charge in [-0.1, -0.05) is 6.92 Å². The van der Waals surface area contributed by atoms with E-state index in [1.54, 1.807) is 13.8 Å². The van der Waals surface area contributed by atoms with Crippen LogP contribution in [0.25, 0.3) is 0 Å². The number of aromatic nitrogens is 2. The van der Waals surface area contributed by atoms with Crippen LogP contribution in [0.1, 0.15) is 27.2 Å². The lowest BCUT2D eigenvalue weighted by molar-refractivity contribution is -0.125. The highest BCUT2D eigenvalue weighted by molar-refractivity contribution is 5.80. The molecule has 0 aliphatic heterocycles. The van der Waals surface area contributed by atoms with E-state index < -0.39 is 11.3 Å². The van der Waals surface area contributed by atoms with Crippen molar-refractivity contribution < 1.29 is 9.53 Å². The van der Waals surface area contributed by atoms with Crippen LogP contribution in [0.5, 0.6) is 5.88 Å². The standard InChI is InChI=1S/C12H21N5O2/c1-4-5-19-10-8(13)9(16-7-17-10)15-6-12(2,3)11(14)18/h7H,4-6,13H2,1-3H3,(H2,14,18)(H,15,16,17). The van der Waals surface area contributed by atoms with Gasteiger partial charge in [0.2, 0.25) is 11.8 Å². The first-order chi connectivity index (χ1) is 8.88. The van der Waals surface area contributed by atoms with E-state index in [1.165, 1.54) is 6.33 Å². The highest BCUT2D eigenvalue weighted by atomic mass is 16.5. The van der Waals surface area contributed by atoms with Gasteiger partial charge in [0.1, 0.15) is 12.0 Å². The van der Waals surface area contributed by atoms with E-state index in [4.69, 9.17) is 16.2 Å². The van der Waals surface area contributed by atoms with Gasteiger partial charge in [-0.15, -0.1) is 0 Å². The number of nitrogens with two attached hydrogens (primary N) is 2. The van der Waals surface area contributed by atoms with Crippen molar-refractivity contribution in [3.05, 3.63) is 6.33 Å². The Morgan fingerprint density at radius 1 is 1.47 bits per heavy atom. The zero-order chi connectivity index (χ0) is 14.5. The first-order valence-corrected chi connectivity index (χ1v) is 6.15. The number of nitrogen functional groups attached to an aromatic ring is 1. The summed E-state index contributed by atoms with van der Waals surface area (Å²) in [6.07, 6.45) is 2.22. The summed E-state index contributed by atoms with van der Waals surface area (Å²) >= 11 is 0. The number of nitrogens with one attached hydrogen (secondary N) is 1. The average molecular weight is 267 g/mol. The number of carbonyl (C=O) groups is 1. The number of nitrogens with zero attached hydrogens (tertiary/aromatic N) is 2. The van der Waals surface area contributed by atoms with Gasteiger partial charge in [-0.05, 0) is 20.3 Å². The number of primary amides is 1. The van der Waals surface area contributed by atoms with E-state index >= 15 is 0 Å². The van der Waals surface area contributed by atoms with Crippen molar-refractivity contribution >= 4 is 17.4 Å². The van der Waals surface area contributed by atoms with Crippen molar-refractivity contribution in [1.82, 2.24) is 9.97 Å². The molecule has 5 N–H and O–H groups in total. The molecule has 1 amide bonds.